The number of thiazole rings is 1. The third kappa shape index (κ3) is 3.88. The summed E-state index contributed by atoms with van der Waals surface area (Å²) in [5.74, 6) is -1.70. The summed E-state index contributed by atoms with van der Waals surface area (Å²) in [6.45, 7) is 1.78. The maximum absolute atomic E-state index is 12.4. The molecule has 1 saturated heterocycles. The Morgan fingerprint density at radius 1 is 1.60 bits per heavy atom. The lowest BCUT2D eigenvalue weighted by Crippen LogP contribution is -2.72. The second-order valence-electron chi connectivity index (χ2n) is 5.11. The first-order valence-corrected chi connectivity index (χ1v) is 9.42. The van der Waals surface area contributed by atoms with E-state index in [-0.39, 0.29) is 23.0 Å². The van der Waals surface area contributed by atoms with E-state index in [2.05, 4.69) is 20.3 Å². The molecular formula is C12H17N5O6S2. The van der Waals surface area contributed by atoms with Crippen LogP contribution < -0.4 is 11.1 Å². The summed E-state index contributed by atoms with van der Waals surface area (Å²) in [4.78, 5) is 33.0. The third-order valence-electron chi connectivity index (χ3n) is 3.45. The highest BCUT2D eigenvalue weighted by Crippen LogP contribution is 2.27. The van der Waals surface area contributed by atoms with E-state index in [0.29, 0.717) is 10.7 Å². The Bertz CT molecular complexity index is 805. The molecule has 0 spiro atoms. The van der Waals surface area contributed by atoms with Gasteiger partial charge >= 0.3 is 10.3 Å². The molecule has 1 aromatic rings. The van der Waals surface area contributed by atoms with E-state index in [9.17, 15) is 18.0 Å². The molecule has 2 amide bonds. The number of anilines is 1. The molecule has 1 aliphatic heterocycles. The summed E-state index contributed by atoms with van der Waals surface area (Å²) in [6.07, 6.45) is 0.814. The topological polar surface area (TPSA) is 164 Å². The lowest BCUT2D eigenvalue weighted by Gasteiger charge is -2.44. The Morgan fingerprint density at radius 2 is 2.28 bits per heavy atom. The maximum Gasteiger partial charge on any atom is 0.362 e. The van der Waals surface area contributed by atoms with Crippen LogP contribution in [0.25, 0.3) is 0 Å². The molecule has 0 bridgehead atoms. The van der Waals surface area contributed by atoms with Crippen LogP contribution in [0.15, 0.2) is 10.5 Å². The second-order valence-corrected chi connectivity index (χ2v) is 7.29. The molecular weight excluding hydrogens is 374 g/mol. The largest absolute Gasteiger partial charge is 0.398 e. The Morgan fingerprint density at radius 3 is 2.76 bits per heavy atom. The number of carbonyl (C=O) groups excluding carboxylic acids is 2. The zero-order valence-electron chi connectivity index (χ0n) is 13.4. The van der Waals surface area contributed by atoms with Crippen molar-refractivity contribution in [1.29, 1.82) is 0 Å². The van der Waals surface area contributed by atoms with Crippen molar-refractivity contribution in [3.8, 4) is 0 Å². The Balaban J connectivity index is 2.20. The van der Waals surface area contributed by atoms with Crippen LogP contribution >= 0.6 is 11.3 Å². The Labute approximate surface area is 147 Å². The van der Waals surface area contributed by atoms with Gasteiger partial charge in [0.1, 0.15) is 18.8 Å². The van der Waals surface area contributed by atoms with E-state index >= 15 is 0 Å². The average Bonchev–Trinajstić information content (AvgIpc) is 2.94. The van der Waals surface area contributed by atoms with Gasteiger partial charge in [0, 0.05) is 5.38 Å². The Kier molecular flexibility index (Phi) is 5.59. The Hall–Kier alpha value is -2.25. The number of nitrogens with two attached hydrogens (primary N) is 1. The first kappa shape index (κ1) is 19.1. The van der Waals surface area contributed by atoms with Crippen molar-refractivity contribution >= 4 is 44.3 Å². The minimum absolute atomic E-state index is 0.160. The van der Waals surface area contributed by atoms with Crippen LogP contribution in [0.2, 0.25) is 0 Å². The van der Waals surface area contributed by atoms with Crippen LogP contribution in [0.5, 0.6) is 0 Å². The lowest BCUT2D eigenvalue weighted by atomic mass is 9.94. The summed E-state index contributed by atoms with van der Waals surface area (Å²) in [5.41, 5.74) is 5.48. The lowest BCUT2D eigenvalue weighted by molar-refractivity contribution is -0.145. The van der Waals surface area contributed by atoms with Crippen LogP contribution in [0.1, 0.15) is 25.5 Å². The molecule has 2 rings (SSSR count). The van der Waals surface area contributed by atoms with Gasteiger partial charge in [-0.15, -0.1) is 11.3 Å². The van der Waals surface area contributed by atoms with Crippen molar-refractivity contribution in [2.75, 3.05) is 12.8 Å². The minimum Gasteiger partial charge on any atom is -0.398 e. The van der Waals surface area contributed by atoms with Crippen molar-refractivity contribution in [1.82, 2.24) is 14.6 Å². The predicted molar refractivity (Wildman–Crippen MR) is 89.1 cm³/mol. The van der Waals surface area contributed by atoms with Gasteiger partial charge in [-0.3, -0.25) is 14.1 Å². The number of hydrogen-bond acceptors (Lipinski definition) is 9. The number of nitrogens with zero attached hydrogens (tertiary/aromatic N) is 3. The third-order valence-corrected chi connectivity index (χ3v) is 5.07. The van der Waals surface area contributed by atoms with Crippen molar-refractivity contribution in [3.05, 3.63) is 11.1 Å². The highest BCUT2D eigenvalue weighted by Gasteiger charge is 2.53. The molecule has 13 heteroatoms. The van der Waals surface area contributed by atoms with Crippen molar-refractivity contribution in [2.45, 2.75) is 31.8 Å². The smallest absolute Gasteiger partial charge is 0.362 e. The van der Waals surface area contributed by atoms with Crippen LogP contribution in [0.4, 0.5) is 5.13 Å². The molecule has 2 atom stereocenters. The number of nitrogens with one attached hydrogen (secondary N) is 1. The fraction of sp³-hybridized carbons (Fsp3) is 0.500. The van der Waals surface area contributed by atoms with Gasteiger partial charge < -0.3 is 15.9 Å². The summed E-state index contributed by atoms with van der Waals surface area (Å²) in [7, 11) is -3.45. The van der Waals surface area contributed by atoms with Crippen molar-refractivity contribution in [3.63, 3.8) is 0 Å². The van der Waals surface area contributed by atoms with Gasteiger partial charge in [-0.05, 0) is 6.42 Å². The number of hydrogen-bond donors (Lipinski definition) is 3. The number of aromatic nitrogens is 1. The summed E-state index contributed by atoms with van der Waals surface area (Å²) < 4.78 is 32.1. The van der Waals surface area contributed by atoms with Gasteiger partial charge in [-0.1, -0.05) is 18.5 Å². The van der Waals surface area contributed by atoms with E-state index < -0.39 is 34.2 Å². The molecule has 0 radical (unpaired) electrons. The van der Waals surface area contributed by atoms with Crippen LogP contribution in [0.3, 0.4) is 0 Å². The molecule has 11 nitrogen and oxygen atoms in total. The number of rotatable bonds is 7. The van der Waals surface area contributed by atoms with Gasteiger partial charge in [0.05, 0.1) is 6.04 Å². The molecule has 0 aliphatic carbocycles. The summed E-state index contributed by atoms with van der Waals surface area (Å²) >= 11 is 1.09. The van der Waals surface area contributed by atoms with E-state index in [1.807, 2.05) is 0 Å². The normalized spacial score (nSPS) is 21.0. The molecule has 0 unspecified atom stereocenters. The van der Waals surface area contributed by atoms with Crippen LogP contribution in [-0.2, 0) is 24.7 Å². The zero-order chi connectivity index (χ0) is 18.8. The predicted octanol–water partition coefficient (Wildman–Crippen LogP) is -0.626. The molecule has 1 aromatic heterocycles. The summed E-state index contributed by atoms with van der Waals surface area (Å²) in [5, 5.41) is 7.69. The molecule has 4 N–H and O–H groups in total. The fourth-order valence-electron chi connectivity index (χ4n) is 2.44. The average molecular weight is 391 g/mol. The maximum atomic E-state index is 12.4. The quantitative estimate of drug-likeness (QED) is 0.239. The number of carbonyl (C=O) groups is 2. The highest BCUT2D eigenvalue weighted by atomic mass is 32.2. The molecule has 2 heterocycles. The first-order chi connectivity index (χ1) is 11.7. The standard InChI is InChI=1S/C12H17N5O6S2/c1-3-4-7-9(11(19)17(7)25(20,21)22)15-10(18)8(16-23-2)6-5-24-12(13)14-6/h5,7,9H,3-4H2,1-2H3,(H2,13,14)(H,15,18)(H,20,21,22)/t7-,9+/m1/s1. The molecule has 25 heavy (non-hydrogen) atoms. The van der Waals surface area contributed by atoms with E-state index in [1.54, 1.807) is 6.92 Å². The van der Waals surface area contributed by atoms with Crippen molar-refractivity contribution < 1.29 is 27.4 Å². The molecule has 0 saturated carbocycles. The van der Waals surface area contributed by atoms with Crippen LogP contribution in [0, 0.1) is 0 Å². The SMILES string of the molecule is CCC[C@@H]1[C@H](NC(=O)C(=NOC)c2csc(N)n2)C(=O)N1S(=O)(=O)O. The highest BCUT2D eigenvalue weighted by molar-refractivity contribution is 7.84. The molecule has 138 valence electrons. The molecule has 0 aromatic carbocycles. The van der Waals surface area contributed by atoms with Crippen LogP contribution in [-0.4, -0.2) is 59.0 Å². The molecule has 1 fully saturated rings. The molecule has 1 aliphatic rings. The second kappa shape index (κ2) is 7.33. The number of oxime groups is 1. The van der Waals surface area contributed by atoms with E-state index in [1.165, 1.54) is 12.5 Å². The van der Waals surface area contributed by atoms with Gasteiger partial charge in [0.2, 0.25) is 0 Å². The van der Waals surface area contributed by atoms with Gasteiger partial charge in [-0.25, -0.2) is 9.29 Å². The van der Waals surface area contributed by atoms with E-state index in [0.717, 1.165) is 11.3 Å². The monoisotopic (exact) mass is 391 g/mol. The fourth-order valence-corrected chi connectivity index (χ4v) is 3.90. The van der Waals surface area contributed by atoms with Gasteiger partial charge in [0.15, 0.2) is 10.8 Å². The number of nitrogen functional groups attached to an aromatic ring is 1. The number of β-lactam (4-membered cyclic amide) rings is 1. The number of amides is 2. The summed E-state index contributed by atoms with van der Waals surface area (Å²) in [6, 6.07) is -1.98. The first-order valence-electron chi connectivity index (χ1n) is 7.14. The van der Waals surface area contributed by atoms with Gasteiger partial charge in [-0.2, -0.15) is 8.42 Å². The minimum atomic E-state index is -4.68. The van der Waals surface area contributed by atoms with Crippen molar-refractivity contribution in [2.24, 2.45) is 5.16 Å². The van der Waals surface area contributed by atoms with Gasteiger partial charge in [0.25, 0.3) is 11.8 Å². The van der Waals surface area contributed by atoms with E-state index in [4.69, 9.17) is 10.3 Å². The zero-order valence-corrected chi connectivity index (χ0v) is 15.0.